The lowest BCUT2D eigenvalue weighted by atomic mass is 9.85. The van der Waals surface area contributed by atoms with Crippen LogP contribution in [0.2, 0.25) is 0 Å². The van der Waals surface area contributed by atoms with Crippen LogP contribution in [0.1, 0.15) is 118 Å². The van der Waals surface area contributed by atoms with E-state index in [1.165, 1.54) is 89.9 Å². The maximum Gasteiger partial charge on any atom is -0.0326 e. The van der Waals surface area contributed by atoms with Gasteiger partial charge in [0, 0.05) is 0 Å². The Morgan fingerprint density at radius 2 is 1.05 bits per heavy atom. The van der Waals surface area contributed by atoms with E-state index in [-0.39, 0.29) is 0 Å². The smallest absolute Gasteiger partial charge is 0.0326 e. The first-order valence-corrected chi connectivity index (χ1v) is 10.1. The van der Waals surface area contributed by atoms with Crippen molar-refractivity contribution in [3.8, 4) is 0 Å². The molecule has 0 aromatic heterocycles. The molecule has 0 aromatic rings. The zero-order valence-electron chi connectivity index (χ0n) is 15.6. The van der Waals surface area contributed by atoms with Crippen molar-refractivity contribution >= 4 is 0 Å². The molecule has 0 fully saturated rings. The topological polar surface area (TPSA) is 0 Å². The summed E-state index contributed by atoms with van der Waals surface area (Å²) in [6.45, 7) is 9.37. The molecule has 0 rings (SSSR count). The second-order valence-electron chi connectivity index (χ2n) is 7.12. The van der Waals surface area contributed by atoms with Gasteiger partial charge in [-0.25, -0.2) is 0 Å². The van der Waals surface area contributed by atoms with Gasteiger partial charge < -0.3 is 0 Å². The van der Waals surface area contributed by atoms with Crippen molar-refractivity contribution in [2.75, 3.05) is 0 Å². The van der Waals surface area contributed by atoms with Gasteiger partial charge in [-0.2, -0.15) is 0 Å². The normalized spacial score (nSPS) is 14.3. The Morgan fingerprint density at radius 1 is 0.571 bits per heavy atom. The highest BCUT2D eigenvalue weighted by atomic mass is 14.2. The van der Waals surface area contributed by atoms with Gasteiger partial charge in [0.1, 0.15) is 0 Å². The van der Waals surface area contributed by atoms with Crippen LogP contribution in [0.3, 0.4) is 0 Å². The minimum absolute atomic E-state index is 0.832. The van der Waals surface area contributed by atoms with E-state index in [1.807, 2.05) is 0 Å². The van der Waals surface area contributed by atoms with Crippen LogP contribution in [0.4, 0.5) is 0 Å². The Bertz CT molecular complexity index is 184. The third-order valence-electron chi connectivity index (χ3n) is 4.72. The van der Waals surface area contributed by atoms with E-state index in [2.05, 4.69) is 34.1 Å². The number of rotatable bonds is 16. The molecule has 0 bridgehead atoms. The lowest BCUT2D eigenvalue weighted by Gasteiger charge is -2.20. The molecule has 0 heteroatoms. The molecule has 0 saturated heterocycles. The van der Waals surface area contributed by atoms with Crippen LogP contribution in [0.5, 0.6) is 0 Å². The van der Waals surface area contributed by atoms with E-state index in [0.29, 0.717) is 0 Å². The van der Waals surface area contributed by atoms with Crippen LogP contribution in [-0.2, 0) is 0 Å². The molecule has 0 N–H and O–H groups in total. The molecule has 21 heavy (non-hydrogen) atoms. The molecule has 0 nitrogen and oxygen atoms in total. The third kappa shape index (κ3) is 14.7. The van der Waals surface area contributed by atoms with Crippen LogP contribution in [0.25, 0.3) is 0 Å². The largest absolute Gasteiger partial charge is 0.0654 e. The first kappa shape index (κ1) is 21.0. The standard InChI is InChI=1S/C21H43/c1-5-8-11-12-13-15-18-21(17-10-7-3)19-20(4)16-14-9-6-2/h19-21H,5-18H2,1-4H3. The minimum Gasteiger partial charge on any atom is -0.0654 e. The van der Waals surface area contributed by atoms with Crippen molar-refractivity contribution in [3.63, 3.8) is 0 Å². The van der Waals surface area contributed by atoms with Crippen molar-refractivity contribution in [3.05, 3.63) is 6.42 Å². The molecular weight excluding hydrogens is 252 g/mol. The van der Waals surface area contributed by atoms with E-state index in [4.69, 9.17) is 0 Å². The van der Waals surface area contributed by atoms with Gasteiger partial charge >= 0.3 is 0 Å². The summed E-state index contributed by atoms with van der Waals surface area (Å²) in [6.07, 6.45) is 22.6. The van der Waals surface area contributed by atoms with Crippen LogP contribution in [0.15, 0.2) is 0 Å². The first-order valence-electron chi connectivity index (χ1n) is 10.1. The summed E-state index contributed by atoms with van der Waals surface area (Å²) in [5, 5.41) is 0. The second-order valence-corrected chi connectivity index (χ2v) is 7.12. The van der Waals surface area contributed by atoms with Crippen LogP contribution in [0, 0.1) is 18.3 Å². The van der Waals surface area contributed by atoms with Crippen molar-refractivity contribution in [2.45, 2.75) is 118 Å². The summed E-state index contributed by atoms with van der Waals surface area (Å²) in [5.74, 6) is 1.73. The highest BCUT2D eigenvalue weighted by molar-refractivity contribution is 4.81. The van der Waals surface area contributed by atoms with E-state index >= 15 is 0 Å². The van der Waals surface area contributed by atoms with Gasteiger partial charge in [0.25, 0.3) is 0 Å². The van der Waals surface area contributed by atoms with Gasteiger partial charge in [0.2, 0.25) is 0 Å². The van der Waals surface area contributed by atoms with Crippen LogP contribution >= 0.6 is 0 Å². The molecule has 1 radical (unpaired) electrons. The fourth-order valence-electron chi connectivity index (χ4n) is 3.27. The summed E-state index contributed by atoms with van der Waals surface area (Å²) >= 11 is 0. The summed E-state index contributed by atoms with van der Waals surface area (Å²) < 4.78 is 0. The maximum absolute atomic E-state index is 2.71. The van der Waals surface area contributed by atoms with Gasteiger partial charge in [-0.05, 0) is 18.3 Å². The lowest BCUT2D eigenvalue weighted by Crippen LogP contribution is -2.08. The predicted octanol–water partition coefficient (Wildman–Crippen LogP) is 7.96. The highest BCUT2D eigenvalue weighted by Crippen LogP contribution is 2.26. The molecule has 0 amide bonds. The molecular formula is C21H43. The third-order valence-corrected chi connectivity index (χ3v) is 4.72. The second kappa shape index (κ2) is 16.4. The summed E-state index contributed by atoms with van der Waals surface area (Å²) in [7, 11) is 0. The molecule has 0 aromatic carbocycles. The Balaban J connectivity index is 3.79. The first-order chi connectivity index (χ1) is 10.2. The molecule has 0 spiro atoms. The molecule has 0 saturated carbocycles. The van der Waals surface area contributed by atoms with Crippen molar-refractivity contribution in [1.82, 2.24) is 0 Å². The van der Waals surface area contributed by atoms with Gasteiger partial charge in [-0.3, -0.25) is 0 Å². The van der Waals surface area contributed by atoms with E-state index < -0.39 is 0 Å². The Kier molecular flexibility index (Phi) is 16.4. The highest BCUT2D eigenvalue weighted by Gasteiger charge is 2.13. The molecule has 0 aliphatic carbocycles. The number of unbranched alkanes of at least 4 members (excludes halogenated alkanes) is 8. The molecule has 127 valence electrons. The zero-order chi connectivity index (χ0) is 15.8. The molecule has 0 heterocycles. The Hall–Kier alpha value is 0. The molecule has 0 aliphatic heterocycles. The van der Waals surface area contributed by atoms with E-state index in [1.54, 1.807) is 0 Å². The Morgan fingerprint density at radius 3 is 1.71 bits per heavy atom. The number of hydrogen-bond acceptors (Lipinski definition) is 0. The van der Waals surface area contributed by atoms with Gasteiger partial charge in [-0.1, -0.05) is 118 Å². The van der Waals surface area contributed by atoms with E-state index in [9.17, 15) is 0 Å². The summed E-state index contributed by atoms with van der Waals surface area (Å²) in [5.41, 5.74) is 0. The fourth-order valence-corrected chi connectivity index (χ4v) is 3.27. The molecule has 0 aliphatic rings. The maximum atomic E-state index is 2.71. The van der Waals surface area contributed by atoms with Gasteiger partial charge in [-0.15, -0.1) is 0 Å². The van der Waals surface area contributed by atoms with Crippen molar-refractivity contribution in [1.29, 1.82) is 0 Å². The zero-order valence-corrected chi connectivity index (χ0v) is 15.6. The fraction of sp³-hybridized carbons (Fsp3) is 0.952. The number of hydrogen-bond donors (Lipinski definition) is 0. The van der Waals surface area contributed by atoms with E-state index in [0.717, 1.165) is 11.8 Å². The summed E-state index contributed by atoms with van der Waals surface area (Å²) in [6, 6.07) is 0. The Labute approximate surface area is 136 Å². The van der Waals surface area contributed by atoms with Crippen LogP contribution in [-0.4, -0.2) is 0 Å². The van der Waals surface area contributed by atoms with Crippen LogP contribution < -0.4 is 0 Å². The average Bonchev–Trinajstić information content (AvgIpc) is 2.48. The molecule has 2 unspecified atom stereocenters. The lowest BCUT2D eigenvalue weighted by molar-refractivity contribution is 0.403. The van der Waals surface area contributed by atoms with Crippen molar-refractivity contribution in [2.24, 2.45) is 11.8 Å². The SMILES string of the molecule is CCCCCCCCC([CH]C(C)CCCCC)CCCC. The van der Waals surface area contributed by atoms with Gasteiger partial charge in [0.15, 0.2) is 0 Å². The summed E-state index contributed by atoms with van der Waals surface area (Å²) in [4.78, 5) is 0. The van der Waals surface area contributed by atoms with Gasteiger partial charge in [0.05, 0.1) is 0 Å². The minimum atomic E-state index is 0.832. The quantitative estimate of drug-likeness (QED) is 0.253. The molecule has 2 atom stereocenters. The monoisotopic (exact) mass is 295 g/mol. The predicted molar refractivity (Wildman–Crippen MR) is 98.6 cm³/mol. The van der Waals surface area contributed by atoms with Crippen molar-refractivity contribution < 1.29 is 0 Å². The average molecular weight is 296 g/mol.